The summed E-state index contributed by atoms with van der Waals surface area (Å²) < 4.78 is 13.1. The number of amides is 2. The number of rotatable bonds is 8. The summed E-state index contributed by atoms with van der Waals surface area (Å²) in [6.45, 7) is 2.25. The Bertz CT molecular complexity index is 1580. The molecule has 2 heterocycles. The first-order valence-electron chi connectivity index (χ1n) is 13.6. The molecule has 0 bridgehead atoms. The molecule has 0 N–H and O–H groups in total. The maximum absolute atomic E-state index is 14.1. The Hall–Kier alpha value is -4.56. The minimum atomic E-state index is -0.140. The number of anilines is 1. The van der Waals surface area contributed by atoms with E-state index in [1.165, 1.54) is 0 Å². The fourth-order valence-corrected chi connectivity index (χ4v) is 5.18. The van der Waals surface area contributed by atoms with Gasteiger partial charge in [-0.15, -0.1) is 0 Å². The van der Waals surface area contributed by atoms with Gasteiger partial charge in [0.1, 0.15) is 17.2 Å². The molecule has 8 nitrogen and oxygen atoms in total. The Labute approximate surface area is 241 Å². The van der Waals surface area contributed by atoms with E-state index in [-0.39, 0.29) is 11.8 Å². The minimum Gasteiger partial charge on any atom is -0.497 e. The molecule has 5 rings (SSSR count). The van der Waals surface area contributed by atoms with Crippen LogP contribution in [-0.2, 0) is 13.1 Å². The van der Waals surface area contributed by atoms with Gasteiger partial charge in [0, 0.05) is 42.6 Å². The Kier molecular flexibility index (Phi) is 8.12. The molecule has 3 aromatic carbocycles. The number of para-hydroxylation sites is 1. The van der Waals surface area contributed by atoms with E-state index in [1.54, 1.807) is 30.1 Å². The van der Waals surface area contributed by atoms with Gasteiger partial charge in [-0.3, -0.25) is 9.59 Å². The number of hydrogen-bond donors (Lipinski definition) is 0. The number of likely N-dealkylation sites (N-methyl/N-ethyl adjacent to an activating group) is 2. The lowest BCUT2D eigenvalue weighted by Crippen LogP contribution is -2.34. The van der Waals surface area contributed by atoms with E-state index in [4.69, 9.17) is 9.47 Å². The van der Waals surface area contributed by atoms with Gasteiger partial charge in [0.05, 0.1) is 27.3 Å². The highest BCUT2D eigenvalue weighted by Crippen LogP contribution is 2.35. The molecule has 0 atom stereocenters. The lowest BCUT2D eigenvalue weighted by atomic mass is 10.0. The monoisotopic (exact) mass is 552 g/mol. The van der Waals surface area contributed by atoms with Crippen LogP contribution in [0.2, 0.25) is 0 Å². The molecule has 0 fully saturated rings. The number of methoxy groups -OCH3 is 2. The van der Waals surface area contributed by atoms with Crippen LogP contribution in [0.25, 0.3) is 11.1 Å². The summed E-state index contributed by atoms with van der Waals surface area (Å²) in [7, 11) is 9.05. The van der Waals surface area contributed by atoms with Gasteiger partial charge in [0.25, 0.3) is 11.8 Å². The maximum Gasteiger partial charge on any atom is 0.270 e. The van der Waals surface area contributed by atoms with Crippen LogP contribution in [0, 0.1) is 0 Å². The topological polar surface area (TPSA) is 67.2 Å². The summed E-state index contributed by atoms with van der Waals surface area (Å²) in [5.74, 6) is 1.17. The summed E-state index contributed by atoms with van der Waals surface area (Å²) in [6.07, 6.45) is 0. The van der Waals surface area contributed by atoms with Crippen molar-refractivity contribution in [3.05, 3.63) is 101 Å². The molecule has 1 aliphatic heterocycles. The number of fused-ring (bicyclic) bond motifs is 2. The quantitative estimate of drug-likeness (QED) is 0.307. The average molecular weight is 553 g/mol. The van der Waals surface area contributed by atoms with E-state index >= 15 is 0 Å². The standard InChI is InChI=1S/C33H36N4O4/c1-34(2)17-18-35(3)33(39)30-16-14-26-22-37(29-12-7-6-9-25(29)21-36(26)30)32(38)24-13-15-28(31(20-24)41-5)23-10-8-11-27(19-23)40-4/h6-16,19-20H,17-18,21-22H2,1-5H3. The Morgan fingerprint density at radius 2 is 1.63 bits per heavy atom. The average Bonchev–Trinajstić information content (AvgIpc) is 3.31. The number of hydrogen-bond acceptors (Lipinski definition) is 5. The first-order valence-corrected chi connectivity index (χ1v) is 13.6. The van der Waals surface area contributed by atoms with Crippen LogP contribution in [0.5, 0.6) is 11.5 Å². The lowest BCUT2D eigenvalue weighted by molar-refractivity contribution is 0.0775. The van der Waals surface area contributed by atoms with Gasteiger partial charge in [-0.1, -0.05) is 30.3 Å². The Balaban J connectivity index is 1.48. The molecule has 0 spiro atoms. The molecule has 8 heteroatoms. The molecule has 1 aromatic heterocycles. The molecule has 0 saturated carbocycles. The van der Waals surface area contributed by atoms with Gasteiger partial charge in [0.2, 0.25) is 0 Å². The molecule has 1 aliphatic rings. The molecule has 0 aliphatic carbocycles. The van der Waals surface area contributed by atoms with Crippen molar-refractivity contribution in [1.29, 1.82) is 0 Å². The Morgan fingerprint density at radius 1 is 0.829 bits per heavy atom. The van der Waals surface area contributed by atoms with Crippen molar-refractivity contribution >= 4 is 17.5 Å². The van der Waals surface area contributed by atoms with Crippen LogP contribution in [0.4, 0.5) is 5.69 Å². The van der Waals surface area contributed by atoms with Crippen LogP contribution in [0.1, 0.15) is 32.1 Å². The summed E-state index contributed by atoms with van der Waals surface area (Å²) in [5.41, 5.74) is 5.65. The van der Waals surface area contributed by atoms with Crippen molar-refractivity contribution in [2.45, 2.75) is 13.1 Å². The second-order valence-electron chi connectivity index (χ2n) is 10.5. The summed E-state index contributed by atoms with van der Waals surface area (Å²) in [5, 5.41) is 0. The zero-order valence-corrected chi connectivity index (χ0v) is 24.3. The summed E-state index contributed by atoms with van der Waals surface area (Å²) in [4.78, 5) is 33.1. The summed E-state index contributed by atoms with van der Waals surface area (Å²) in [6, 6.07) is 25.0. The number of benzene rings is 3. The maximum atomic E-state index is 14.1. The predicted molar refractivity (Wildman–Crippen MR) is 161 cm³/mol. The van der Waals surface area contributed by atoms with Crippen molar-refractivity contribution < 1.29 is 19.1 Å². The third kappa shape index (κ3) is 5.69. The van der Waals surface area contributed by atoms with Gasteiger partial charge in [-0.25, -0.2) is 0 Å². The van der Waals surface area contributed by atoms with Gasteiger partial charge >= 0.3 is 0 Å². The van der Waals surface area contributed by atoms with Crippen LogP contribution < -0.4 is 14.4 Å². The molecule has 0 saturated heterocycles. The zero-order chi connectivity index (χ0) is 29.1. The molecule has 2 amide bonds. The van der Waals surface area contributed by atoms with Crippen LogP contribution in [0.3, 0.4) is 0 Å². The number of ether oxygens (including phenoxy) is 2. The highest BCUT2D eigenvalue weighted by atomic mass is 16.5. The SMILES string of the molecule is COc1cccc(-c2ccc(C(=O)N3Cc4ccc(C(=O)N(C)CCN(C)C)n4Cc4ccccc43)cc2OC)c1. The van der Waals surface area contributed by atoms with E-state index in [9.17, 15) is 9.59 Å². The van der Waals surface area contributed by atoms with E-state index < -0.39 is 0 Å². The number of carbonyl (C=O) groups excluding carboxylic acids is 2. The largest absolute Gasteiger partial charge is 0.497 e. The molecule has 0 unspecified atom stereocenters. The first kappa shape index (κ1) is 28.0. The third-order valence-electron chi connectivity index (χ3n) is 7.52. The number of nitrogens with zero attached hydrogens (tertiary/aromatic N) is 4. The third-order valence-corrected chi connectivity index (χ3v) is 7.52. The lowest BCUT2D eigenvalue weighted by Gasteiger charge is -2.23. The molecular weight excluding hydrogens is 516 g/mol. The highest BCUT2D eigenvalue weighted by molar-refractivity contribution is 6.07. The summed E-state index contributed by atoms with van der Waals surface area (Å²) >= 11 is 0. The molecule has 0 radical (unpaired) electrons. The van der Waals surface area contributed by atoms with E-state index in [0.717, 1.165) is 40.4 Å². The van der Waals surface area contributed by atoms with Gasteiger partial charge in [-0.2, -0.15) is 0 Å². The van der Waals surface area contributed by atoms with Gasteiger partial charge in [0.15, 0.2) is 0 Å². The van der Waals surface area contributed by atoms with E-state index in [1.807, 2.05) is 98.5 Å². The van der Waals surface area contributed by atoms with Crippen molar-refractivity contribution in [3.8, 4) is 22.6 Å². The van der Waals surface area contributed by atoms with Crippen LogP contribution in [0.15, 0.2) is 78.9 Å². The van der Waals surface area contributed by atoms with Crippen molar-refractivity contribution in [1.82, 2.24) is 14.4 Å². The van der Waals surface area contributed by atoms with E-state index in [0.29, 0.717) is 36.6 Å². The zero-order valence-electron chi connectivity index (χ0n) is 24.3. The fraction of sp³-hybridized carbons (Fsp3) is 0.273. The van der Waals surface area contributed by atoms with E-state index in [2.05, 4.69) is 4.90 Å². The number of carbonyl (C=O) groups is 2. The minimum absolute atomic E-state index is 0.0341. The molecule has 41 heavy (non-hydrogen) atoms. The van der Waals surface area contributed by atoms with Crippen LogP contribution in [-0.4, -0.2) is 74.6 Å². The van der Waals surface area contributed by atoms with Gasteiger partial charge in [-0.05, 0) is 73.8 Å². The smallest absolute Gasteiger partial charge is 0.270 e. The Morgan fingerprint density at radius 3 is 2.39 bits per heavy atom. The number of aromatic nitrogens is 1. The van der Waals surface area contributed by atoms with Gasteiger partial charge < -0.3 is 28.7 Å². The highest BCUT2D eigenvalue weighted by Gasteiger charge is 2.28. The first-order chi connectivity index (χ1) is 19.8. The predicted octanol–water partition coefficient (Wildman–Crippen LogP) is 5.01. The fourth-order valence-electron chi connectivity index (χ4n) is 5.18. The van der Waals surface area contributed by atoms with Crippen molar-refractivity contribution in [2.75, 3.05) is 53.4 Å². The van der Waals surface area contributed by atoms with Crippen molar-refractivity contribution in [3.63, 3.8) is 0 Å². The van der Waals surface area contributed by atoms with Crippen molar-refractivity contribution in [2.24, 2.45) is 0 Å². The second kappa shape index (κ2) is 11.9. The second-order valence-corrected chi connectivity index (χ2v) is 10.5. The molecule has 4 aromatic rings. The molecule has 212 valence electrons. The van der Waals surface area contributed by atoms with Crippen LogP contribution >= 0.6 is 0 Å². The molecular formula is C33H36N4O4. The normalized spacial score (nSPS) is 12.4.